The summed E-state index contributed by atoms with van der Waals surface area (Å²) in [5.74, 6) is 0.740. The minimum atomic E-state index is 0. The van der Waals surface area contributed by atoms with Crippen molar-refractivity contribution in [2.24, 2.45) is 5.73 Å². The second-order valence-electron chi connectivity index (χ2n) is 2.73. The Balaban J connectivity index is 0.00000169. The van der Waals surface area contributed by atoms with Crippen LogP contribution in [0.1, 0.15) is 11.1 Å². The molecule has 3 nitrogen and oxygen atoms in total. The highest BCUT2D eigenvalue weighted by Crippen LogP contribution is 2.18. The summed E-state index contributed by atoms with van der Waals surface area (Å²) in [7, 11) is 0. The lowest BCUT2D eigenvalue weighted by molar-refractivity contribution is 0.326. The fourth-order valence-corrected chi connectivity index (χ4v) is 0.994. The predicted molar refractivity (Wildman–Crippen MR) is 57.7 cm³/mol. The van der Waals surface area contributed by atoms with Crippen LogP contribution in [0.5, 0.6) is 5.75 Å². The Bertz CT molecular complexity index is 333. The molecule has 0 heterocycles. The number of benzene rings is 1. The highest BCUT2D eigenvalue weighted by molar-refractivity contribution is 5.85. The number of hydrogen-bond acceptors (Lipinski definition) is 3. The molecule has 0 aliphatic rings. The van der Waals surface area contributed by atoms with E-state index in [-0.39, 0.29) is 12.4 Å². The van der Waals surface area contributed by atoms with Gasteiger partial charge in [-0.1, -0.05) is 6.07 Å². The summed E-state index contributed by atoms with van der Waals surface area (Å²) in [6, 6.07) is 7.42. The Morgan fingerprint density at radius 3 is 2.79 bits per heavy atom. The molecule has 14 heavy (non-hydrogen) atoms. The number of ether oxygens (including phenoxy) is 1. The number of aryl methyl sites for hydroxylation is 1. The van der Waals surface area contributed by atoms with E-state index in [2.05, 4.69) is 6.07 Å². The molecule has 0 aromatic heterocycles. The van der Waals surface area contributed by atoms with Crippen LogP contribution in [0.4, 0.5) is 0 Å². The van der Waals surface area contributed by atoms with Gasteiger partial charge in [0, 0.05) is 6.54 Å². The third-order valence-corrected chi connectivity index (χ3v) is 1.69. The maximum Gasteiger partial charge on any atom is 0.123 e. The molecule has 0 atom stereocenters. The van der Waals surface area contributed by atoms with Crippen LogP contribution in [0.25, 0.3) is 0 Å². The molecule has 0 fully saturated rings. The fraction of sp³-hybridized carbons (Fsp3) is 0.300. The van der Waals surface area contributed by atoms with Crippen LogP contribution >= 0.6 is 12.4 Å². The zero-order valence-corrected chi connectivity index (χ0v) is 8.80. The van der Waals surface area contributed by atoms with E-state index in [1.807, 2.05) is 13.0 Å². The quantitative estimate of drug-likeness (QED) is 0.829. The Hall–Kier alpha value is -1.24. The number of nitrogens with zero attached hydrogens (tertiary/aromatic N) is 1. The van der Waals surface area contributed by atoms with Crippen molar-refractivity contribution in [2.45, 2.75) is 6.92 Å². The summed E-state index contributed by atoms with van der Waals surface area (Å²) in [5, 5.41) is 8.65. The van der Waals surface area contributed by atoms with Crippen molar-refractivity contribution < 1.29 is 4.74 Å². The maximum atomic E-state index is 8.65. The Morgan fingerprint density at radius 1 is 1.50 bits per heavy atom. The minimum Gasteiger partial charge on any atom is -0.492 e. The normalized spacial score (nSPS) is 8.64. The summed E-state index contributed by atoms with van der Waals surface area (Å²) < 4.78 is 5.35. The average molecular weight is 213 g/mol. The molecule has 4 heteroatoms. The Kier molecular flexibility index (Phi) is 5.70. The SMILES string of the molecule is Cc1ccc(C#N)cc1OCCN.Cl. The predicted octanol–water partition coefficient (Wildman–Crippen LogP) is 1.63. The fourth-order valence-electron chi connectivity index (χ4n) is 0.994. The molecule has 0 spiro atoms. The van der Waals surface area contributed by atoms with Gasteiger partial charge in [0.25, 0.3) is 0 Å². The van der Waals surface area contributed by atoms with Gasteiger partial charge in [-0.05, 0) is 24.6 Å². The lowest BCUT2D eigenvalue weighted by Gasteiger charge is -2.07. The first-order chi connectivity index (χ1) is 6.27. The number of nitriles is 1. The third kappa shape index (κ3) is 3.25. The zero-order chi connectivity index (χ0) is 9.68. The van der Waals surface area contributed by atoms with Crippen molar-refractivity contribution in [3.63, 3.8) is 0 Å². The van der Waals surface area contributed by atoms with E-state index in [4.69, 9.17) is 15.7 Å². The zero-order valence-electron chi connectivity index (χ0n) is 7.99. The molecule has 0 saturated heterocycles. The van der Waals surface area contributed by atoms with E-state index in [1.165, 1.54) is 0 Å². The van der Waals surface area contributed by atoms with Crippen molar-refractivity contribution in [3.8, 4) is 11.8 Å². The molecular formula is C10H13ClN2O. The van der Waals surface area contributed by atoms with Gasteiger partial charge >= 0.3 is 0 Å². The van der Waals surface area contributed by atoms with Crippen LogP contribution < -0.4 is 10.5 Å². The molecule has 1 rings (SSSR count). The molecule has 0 aliphatic carbocycles. The summed E-state index contributed by atoms with van der Waals surface area (Å²) in [4.78, 5) is 0. The lowest BCUT2D eigenvalue weighted by Crippen LogP contribution is -2.11. The molecule has 1 aromatic rings. The van der Waals surface area contributed by atoms with Gasteiger partial charge in [0.15, 0.2) is 0 Å². The first-order valence-corrected chi connectivity index (χ1v) is 4.11. The number of nitrogens with two attached hydrogens (primary N) is 1. The molecule has 0 unspecified atom stereocenters. The topological polar surface area (TPSA) is 59.0 Å². The van der Waals surface area contributed by atoms with Gasteiger partial charge in [-0.15, -0.1) is 12.4 Å². The second kappa shape index (κ2) is 6.25. The van der Waals surface area contributed by atoms with Crippen LogP contribution in [0, 0.1) is 18.3 Å². The summed E-state index contributed by atoms with van der Waals surface area (Å²) >= 11 is 0. The summed E-state index contributed by atoms with van der Waals surface area (Å²) in [5.41, 5.74) is 6.94. The van der Waals surface area contributed by atoms with Gasteiger partial charge in [0.2, 0.25) is 0 Å². The van der Waals surface area contributed by atoms with Crippen LogP contribution in [0.2, 0.25) is 0 Å². The van der Waals surface area contributed by atoms with Crippen molar-refractivity contribution in [1.29, 1.82) is 5.26 Å². The van der Waals surface area contributed by atoms with E-state index < -0.39 is 0 Å². The number of halogens is 1. The highest BCUT2D eigenvalue weighted by atomic mass is 35.5. The molecular weight excluding hydrogens is 200 g/mol. The highest BCUT2D eigenvalue weighted by Gasteiger charge is 2.00. The third-order valence-electron chi connectivity index (χ3n) is 1.69. The first-order valence-electron chi connectivity index (χ1n) is 4.11. The molecule has 0 radical (unpaired) electrons. The van der Waals surface area contributed by atoms with Crippen LogP contribution in [0.15, 0.2) is 18.2 Å². The monoisotopic (exact) mass is 212 g/mol. The van der Waals surface area contributed by atoms with Crippen molar-refractivity contribution in [1.82, 2.24) is 0 Å². The van der Waals surface area contributed by atoms with E-state index in [0.29, 0.717) is 18.7 Å². The molecule has 2 N–H and O–H groups in total. The van der Waals surface area contributed by atoms with E-state index in [1.54, 1.807) is 12.1 Å². The second-order valence-corrected chi connectivity index (χ2v) is 2.73. The van der Waals surface area contributed by atoms with Crippen molar-refractivity contribution in [2.75, 3.05) is 13.2 Å². The van der Waals surface area contributed by atoms with E-state index in [0.717, 1.165) is 11.3 Å². The average Bonchev–Trinajstić information content (AvgIpc) is 2.17. The summed E-state index contributed by atoms with van der Waals surface area (Å²) in [6.45, 7) is 2.90. The number of rotatable bonds is 3. The Morgan fingerprint density at radius 2 is 2.21 bits per heavy atom. The van der Waals surface area contributed by atoms with Gasteiger partial charge in [-0.3, -0.25) is 0 Å². The summed E-state index contributed by atoms with van der Waals surface area (Å²) in [6.07, 6.45) is 0. The molecule has 0 bridgehead atoms. The lowest BCUT2D eigenvalue weighted by atomic mass is 10.1. The van der Waals surface area contributed by atoms with Gasteiger partial charge < -0.3 is 10.5 Å². The van der Waals surface area contributed by atoms with Gasteiger partial charge in [0.05, 0.1) is 11.6 Å². The molecule has 0 aliphatic heterocycles. The van der Waals surface area contributed by atoms with Crippen LogP contribution in [0.3, 0.4) is 0 Å². The van der Waals surface area contributed by atoms with Gasteiger partial charge in [0.1, 0.15) is 12.4 Å². The van der Waals surface area contributed by atoms with E-state index in [9.17, 15) is 0 Å². The van der Waals surface area contributed by atoms with Gasteiger partial charge in [-0.25, -0.2) is 0 Å². The Labute approximate surface area is 89.9 Å². The first kappa shape index (κ1) is 12.8. The van der Waals surface area contributed by atoms with Gasteiger partial charge in [-0.2, -0.15) is 5.26 Å². The molecule has 0 amide bonds. The van der Waals surface area contributed by atoms with Crippen molar-refractivity contribution >= 4 is 12.4 Å². The molecule has 0 saturated carbocycles. The van der Waals surface area contributed by atoms with E-state index >= 15 is 0 Å². The minimum absolute atomic E-state index is 0. The van der Waals surface area contributed by atoms with Crippen LogP contribution in [-0.4, -0.2) is 13.2 Å². The molecule has 76 valence electrons. The standard InChI is InChI=1S/C10H12N2O.ClH/c1-8-2-3-9(7-12)6-10(8)13-5-4-11;/h2-3,6H,4-5,11H2,1H3;1H. The smallest absolute Gasteiger partial charge is 0.123 e. The van der Waals surface area contributed by atoms with Crippen molar-refractivity contribution in [3.05, 3.63) is 29.3 Å². The number of hydrogen-bond donors (Lipinski definition) is 1. The van der Waals surface area contributed by atoms with Crippen LogP contribution in [-0.2, 0) is 0 Å². The maximum absolute atomic E-state index is 8.65. The largest absolute Gasteiger partial charge is 0.492 e. The molecule has 1 aromatic carbocycles.